The Morgan fingerprint density at radius 2 is 1.86 bits per heavy atom. The molecule has 0 unspecified atom stereocenters. The van der Waals surface area contributed by atoms with E-state index in [4.69, 9.17) is 5.11 Å². The van der Waals surface area contributed by atoms with Gasteiger partial charge in [0.15, 0.2) is 5.65 Å². The van der Waals surface area contributed by atoms with Crippen LogP contribution >= 0.6 is 0 Å². The highest BCUT2D eigenvalue weighted by atomic mass is 19.4. The minimum Gasteiger partial charge on any atom is -0.395 e. The molecule has 0 aliphatic rings. The number of aromatic nitrogens is 3. The number of benzene rings is 2. The van der Waals surface area contributed by atoms with E-state index < -0.39 is 11.7 Å². The first-order chi connectivity index (χ1) is 13.8. The Bertz CT molecular complexity index is 1210. The largest absolute Gasteiger partial charge is 0.416 e. The van der Waals surface area contributed by atoms with E-state index in [1.54, 1.807) is 40.7 Å². The third-order valence-corrected chi connectivity index (χ3v) is 4.66. The smallest absolute Gasteiger partial charge is 0.395 e. The molecule has 0 aliphatic heterocycles. The second-order valence-electron chi connectivity index (χ2n) is 6.63. The number of aliphatic hydroxyl groups is 1. The zero-order chi connectivity index (χ0) is 20.8. The SMILES string of the molecule is Cn1cc2c3cc(C(=O)NCCO)ccc3n(-c3ccc(C(F)(F)F)cc3)c2n1. The van der Waals surface area contributed by atoms with E-state index in [1.807, 2.05) is 0 Å². The summed E-state index contributed by atoms with van der Waals surface area (Å²) in [5, 5.41) is 17.5. The molecule has 0 bridgehead atoms. The molecule has 9 heteroatoms. The molecule has 0 aliphatic carbocycles. The first-order valence-electron chi connectivity index (χ1n) is 8.84. The quantitative estimate of drug-likeness (QED) is 0.551. The number of nitrogens with one attached hydrogen (secondary N) is 1. The fraction of sp³-hybridized carbons (Fsp3) is 0.200. The molecule has 0 saturated carbocycles. The summed E-state index contributed by atoms with van der Waals surface area (Å²) in [6.07, 6.45) is -2.61. The van der Waals surface area contributed by atoms with Crippen LogP contribution in [0.5, 0.6) is 0 Å². The molecule has 2 aromatic carbocycles. The fourth-order valence-electron chi connectivity index (χ4n) is 3.37. The maximum Gasteiger partial charge on any atom is 0.416 e. The summed E-state index contributed by atoms with van der Waals surface area (Å²) in [6, 6.07) is 9.96. The van der Waals surface area contributed by atoms with Crippen molar-refractivity contribution in [3.63, 3.8) is 0 Å². The molecule has 150 valence electrons. The van der Waals surface area contributed by atoms with Crippen LogP contribution in [0.1, 0.15) is 15.9 Å². The van der Waals surface area contributed by atoms with Gasteiger partial charge in [0.2, 0.25) is 0 Å². The molecule has 6 nitrogen and oxygen atoms in total. The number of aryl methyl sites for hydroxylation is 1. The maximum absolute atomic E-state index is 12.9. The van der Waals surface area contributed by atoms with Gasteiger partial charge < -0.3 is 10.4 Å². The number of rotatable bonds is 4. The van der Waals surface area contributed by atoms with Crippen molar-refractivity contribution in [3.05, 3.63) is 59.8 Å². The number of hydrogen-bond acceptors (Lipinski definition) is 3. The van der Waals surface area contributed by atoms with E-state index in [0.717, 1.165) is 28.4 Å². The van der Waals surface area contributed by atoms with Gasteiger partial charge in [-0.3, -0.25) is 14.0 Å². The van der Waals surface area contributed by atoms with Crippen molar-refractivity contribution >= 4 is 27.8 Å². The number of alkyl halides is 3. The van der Waals surface area contributed by atoms with E-state index in [1.165, 1.54) is 12.1 Å². The van der Waals surface area contributed by atoms with E-state index in [9.17, 15) is 18.0 Å². The number of aliphatic hydroxyl groups excluding tert-OH is 1. The van der Waals surface area contributed by atoms with Gasteiger partial charge >= 0.3 is 6.18 Å². The molecule has 0 saturated heterocycles. The lowest BCUT2D eigenvalue weighted by molar-refractivity contribution is -0.137. The lowest BCUT2D eigenvalue weighted by Gasteiger charge is -2.10. The summed E-state index contributed by atoms with van der Waals surface area (Å²) >= 11 is 0. The summed E-state index contributed by atoms with van der Waals surface area (Å²) in [4.78, 5) is 12.2. The van der Waals surface area contributed by atoms with Crippen LogP contribution in [-0.4, -0.2) is 38.5 Å². The fourth-order valence-corrected chi connectivity index (χ4v) is 3.37. The Labute approximate surface area is 163 Å². The van der Waals surface area contributed by atoms with E-state index >= 15 is 0 Å². The number of fused-ring (bicyclic) bond motifs is 3. The summed E-state index contributed by atoms with van der Waals surface area (Å²) < 4.78 is 42.1. The number of carbonyl (C=O) groups excluding carboxylic acids is 1. The average molecular weight is 402 g/mol. The number of nitrogens with zero attached hydrogens (tertiary/aromatic N) is 3. The van der Waals surface area contributed by atoms with Gasteiger partial charge in [0.25, 0.3) is 5.91 Å². The van der Waals surface area contributed by atoms with Crippen molar-refractivity contribution in [2.75, 3.05) is 13.2 Å². The van der Waals surface area contributed by atoms with Crippen LogP contribution in [0, 0.1) is 0 Å². The van der Waals surface area contributed by atoms with E-state index in [0.29, 0.717) is 16.9 Å². The summed E-state index contributed by atoms with van der Waals surface area (Å²) in [5.74, 6) is -0.319. The molecule has 1 amide bonds. The van der Waals surface area contributed by atoms with Crippen molar-refractivity contribution in [3.8, 4) is 5.69 Å². The van der Waals surface area contributed by atoms with E-state index in [2.05, 4.69) is 10.4 Å². The summed E-state index contributed by atoms with van der Waals surface area (Å²) in [7, 11) is 1.75. The van der Waals surface area contributed by atoms with Crippen LogP contribution in [0.2, 0.25) is 0 Å². The Morgan fingerprint density at radius 1 is 1.14 bits per heavy atom. The third-order valence-electron chi connectivity index (χ3n) is 4.66. The average Bonchev–Trinajstić information content (AvgIpc) is 3.19. The molecule has 4 rings (SSSR count). The minimum absolute atomic E-state index is 0.145. The molecule has 2 aromatic heterocycles. The molecule has 2 N–H and O–H groups in total. The van der Waals surface area contributed by atoms with Crippen LogP contribution in [0.4, 0.5) is 13.2 Å². The summed E-state index contributed by atoms with van der Waals surface area (Å²) in [5.41, 5.74) is 1.53. The van der Waals surface area contributed by atoms with Gasteiger partial charge in [-0.2, -0.15) is 18.3 Å². The van der Waals surface area contributed by atoms with Gasteiger partial charge in [-0.05, 0) is 42.5 Å². The highest BCUT2D eigenvalue weighted by Crippen LogP contribution is 2.34. The van der Waals surface area contributed by atoms with Crippen LogP contribution in [0.25, 0.3) is 27.6 Å². The molecule has 4 aromatic rings. The Balaban J connectivity index is 1.88. The topological polar surface area (TPSA) is 72.1 Å². The molecule has 0 radical (unpaired) electrons. The maximum atomic E-state index is 12.9. The molecular formula is C20H17F3N4O2. The molecule has 0 atom stereocenters. The van der Waals surface area contributed by atoms with Crippen molar-refractivity contribution < 1.29 is 23.1 Å². The summed E-state index contributed by atoms with van der Waals surface area (Å²) in [6.45, 7) is -0.0170. The number of halogens is 3. The van der Waals surface area contributed by atoms with Crippen LogP contribution in [-0.2, 0) is 13.2 Å². The van der Waals surface area contributed by atoms with Gasteiger partial charge in [0.05, 0.1) is 17.7 Å². The molecule has 0 fully saturated rings. The third kappa shape index (κ3) is 3.33. The Hall–Kier alpha value is -3.33. The number of amides is 1. The van der Waals surface area contributed by atoms with Crippen LogP contribution < -0.4 is 5.32 Å². The number of carbonyl (C=O) groups is 1. The Kier molecular flexibility index (Phi) is 4.54. The molecule has 0 spiro atoms. The van der Waals surface area contributed by atoms with E-state index in [-0.39, 0.29) is 19.1 Å². The van der Waals surface area contributed by atoms with Crippen LogP contribution in [0.15, 0.2) is 48.7 Å². The first-order valence-corrected chi connectivity index (χ1v) is 8.84. The monoisotopic (exact) mass is 402 g/mol. The van der Waals surface area contributed by atoms with Crippen LogP contribution in [0.3, 0.4) is 0 Å². The van der Waals surface area contributed by atoms with Crippen molar-refractivity contribution in [1.82, 2.24) is 19.7 Å². The van der Waals surface area contributed by atoms with Gasteiger partial charge in [-0.15, -0.1) is 0 Å². The number of hydrogen-bond donors (Lipinski definition) is 2. The molecule has 2 heterocycles. The second kappa shape index (κ2) is 6.93. The first kappa shape index (κ1) is 19.0. The lowest BCUT2D eigenvalue weighted by Crippen LogP contribution is -2.26. The lowest BCUT2D eigenvalue weighted by atomic mass is 10.1. The van der Waals surface area contributed by atoms with Crippen molar-refractivity contribution in [1.29, 1.82) is 0 Å². The molecule has 29 heavy (non-hydrogen) atoms. The standard InChI is InChI=1S/C20H17F3N4O2/c1-26-11-16-15-10-12(19(29)24-8-9-28)2-7-17(15)27(18(16)25-26)14-5-3-13(4-6-14)20(21,22)23/h2-7,10-11,28H,8-9H2,1H3,(H,24,29). The van der Waals surface area contributed by atoms with Gasteiger partial charge in [0.1, 0.15) is 0 Å². The highest BCUT2D eigenvalue weighted by Gasteiger charge is 2.30. The van der Waals surface area contributed by atoms with Gasteiger partial charge in [-0.1, -0.05) is 0 Å². The van der Waals surface area contributed by atoms with Crippen molar-refractivity contribution in [2.24, 2.45) is 7.05 Å². The van der Waals surface area contributed by atoms with Gasteiger partial charge in [0, 0.05) is 41.8 Å². The predicted octanol–water partition coefficient (Wildman–Crippen LogP) is 3.26. The molecular weight excluding hydrogens is 385 g/mol. The van der Waals surface area contributed by atoms with Crippen molar-refractivity contribution in [2.45, 2.75) is 6.18 Å². The second-order valence-corrected chi connectivity index (χ2v) is 6.63. The zero-order valence-electron chi connectivity index (χ0n) is 15.4. The zero-order valence-corrected chi connectivity index (χ0v) is 15.4. The highest BCUT2D eigenvalue weighted by molar-refractivity contribution is 6.10. The Morgan fingerprint density at radius 3 is 2.52 bits per heavy atom. The predicted molar refractivity (Wildman–Crippen MR) is 102 cm³/mol. The minimum atomic E-state index is -4.41. The van der Waals surface area contributed by atoms with Gasteiger partial charge in [-0.25, -0.2) is 0 Å². The normalized spacial score (nSPS) is 12.0.